The normalized spacial score (nSPS) is 16.5. The molecule has 3 aromatic rings. The maximum atomic E-state index is 13.3. The minimum absolute atomic E-state index is 0.233. The molecule has 128 valence electrons. The van der Waals surface area contributed by atoms with Crippen LogP contribution in [0.1, 0.15) is 35.7 Å². The molecule has 0 radical (unpaired) electrons. The second kappa shape index (κ2) is 6.48. The van der Waals surface area contributed by atoms with E-state index in [2.05, 4.69) is 17.1 Å². The molecule has 0 aliphatic heterocycles. The first-order chi connectivity index (χ1) is 12.2. The molecule has 0 spiro atoms. The Morgan fingerprint density at radius 1 is 1.20 bits per heavy atom. The van der Waals surface area contributed by atoms with Crippen LogP contribution in [0, 0.1) is 10.6 Å². The fraction of sp³-hybridized carbons (Fsp3) is 0.250. The van der Waals surface area contributed by atoms with Crippen molar-refractivity contribution in [2.24, 2.45) is 0 Å². The Bertz CT molecular complexity index is 959. The number of nitrogens with one attached hydrogen (secondary N) is 1. The third-order valence-corrected chi connectivity index (χ3v) is 5.13. The second-order valence-electron chi connectivity index (χ2n) is 6.33. The highest BCUT2D eigenvalue weighted by atomic mass is 32.1. The Kier molecular flexibility index (Phi) is 4.17. The van der Waals surface area contributed by atoms with Crippen molar-refractivity contribution in [3.63, 3.8) is 0 Å². The van der Waals surface area contributed by atoms with Crippen LogP contribution in [-0.4, -0.2) is 16.7 Å². The molecule has 0 fully saturated rings. The fourth-order valence-electron chi connectivity index (χ4n) is 3.70. The van der Waals surface area contributed by atoms with Crippen molar-refractivity contribution in [3.8, 4) is 11.4 Å². The molecule has 0 amide bonds. The Morgan fingerprint density at radius 2 is 2.00 bits per heavy atom. The van der Waals surface area contributed by atoms with E-state index in [4.69, 9.17) is 17.0 Å². The molecule has 2 aromatic carbocycles. The molecule has 1 aliphatic carbocycles. The van der Waals surface area contributed by atoms with Crippen LogP contribution in [0.4, 0.5) is 4.39 Å². The monoisotopic (exact) mass is 354 g/mol. The van der Waals surface area contributed by atoms with Crippen molar-refractivity contribution < 1.29 is 9.13 Å². The summed E-state index contributed by atoms with van der Waals surface area (Å²) in [7, 11) is 1.68. The Hall–Kier alpha value is -2.40. The van der Waals surface area contributed by atoms with Gasteiger partial charge in [0, 0.05) is 17.3 Å². The number of benzene rings is 2. The lowest BCUT2D eigenvalue weighted by atomic mass is 9.84. The summed E-state index contributed by atoms with van der Waals surface area (Å²) in [6.07, 6.45) is 3.13. The lowest BCUT2D eigenvalue weighted by Crippen LogP contribution is -2.15. The smallest absolute Gasteiger partial charge is 0.182 e. The summed E-state index contributed by atoms with van der Waals surface area (Å²) in [5.41, 5.74) is 4.45. The van der Waals surface area contributed by atoms with Gasteiger partial charge in [-0.15, -0.1) is 0 Å². The molecule has 1 unspecified atom stereocenters. The highest BCUT2D eigenvalue weighted by Crippen LogP contribution is 2.38. The predicted octanol–water partition coefficient (Wildman–Crippen LogP) is 5.15. The Balaban J connectivity index is 1.88. The number of halogens is 1. The molecule has 0 saturated heterocycles. The summed E-state index contributed by atoms with van der Waals surface area (Å²) >= 11 is 5.58. The van der Waals surface area contributed by atoms with Crippen LogP contribution >= 0.6 is 12.2 Å². The number of aryl methyl sites for hydroxylation is 1. The van der Waals surface area contributed by atoms with E-state index in [1.54, 1.807) is 19.2 Å². The van der Waals surface area contributed by atoms with E-state index in [1.807, 2.05) is 16.7 Å². The summed E-state index contributed by atoms with van der Waals surface area (Å²) in [4.78, 5) is 3.36. The van der Waals surface area contributed by atoms with Gasteiger partial charge < -0.3 is 9.72 Å². The quantitative estimate of drug-likeness (QED) is 0.659. The van der Waals surface area contributed by atoms with Gasteiger partial charge in [0.1, 0.15) is 11.6 Å². The van der Waals surface area contributed by atoms with Gasteiger partial charge in [-0.3, -0.25) is 4.57 Å². The third-order valence-electron chi connectivity index (χ3n) is 4.84. The van der Waals surface area contributed by atoms with E-state index in [0.717, 1.165) is 30.7 Å². The van der Waals surface area contributed by atoms with Gasteiger partial charge in [-0.05, 0) is 73.4 Å². The molecule has 3 nitrogen and oxygen atoms in total. The molecule has 25 heavy (non-hydrogen) atoms. The molecular weight excluding hydrogens is 335 g/mol. The van der Waals surface area contributed by atoms with Crippen LogP contribution < -0.4 is 4.74 Å². The number of fused-ring (bicyclic) bond motifs is 1. The zero-order valence-electron chi connectivity index (χ0n) is 14.0. The van der Waals surface area contributed by atoms with Gasteiger partial charge in [-0.25, -0.2) is 4.39 Å². The number of hydrogen-bond donors (Lipinski definition) is 1. The molecular formula is C20H19FN2OS. The van der Waals surface area contributed by atoms with E-state index in [-0.39, 0.29) is 11.7 Å². The van der Waals surface area contributed by atoms with Crippen LogP contribution in [0.15, 0.2) is 48.5 Å². The molecule has 1 N–H and O–H groups in total. The summed E-state index contributed by atoms with van der Waals surface area (Å²) in [6.45, 7) is 0. The minimum atomic E-state index is -0.246. The van der Waals surface area contributed by atoms with E-state index in [1.165, 1.54) is 29.1 Å². The number of H-pyrrole nitrogens is 1. The number of hydrogen-bond acceptors (Lipinski definition) is 2. The van der Waals surface area contributed by atoms with Crippen LogP contribution in [0.5, 0.6) is 5.75 Å². The van der Waals surface area contributed by atoms with Crippen molar-refractivity contribution in [1.29, 1.82) is 0 Å². The highest BCUT2D eigenvalue weighted by molar-refractivity contribution is 7.71. The van der Waals surface area contributed by atoms with Crippen molar-refractivity contribution in [2.75, 3.05) is 7.11 Å². The Labute approximate surface area is 151 Å². The van der Waals surface area contributed by atoms with Crippen LogP contribution in [-0.2, 0) is 6.42 Å². The summed E-state index contributed by atoms with van der Waals surface area (Å²) in [5, 5.41) is 0. The summed E-state index contributed by atoms with van der Waals surface area (Å²) in [5.74, 6) is 0.841. The maximum Gasteiger partial charge on any atom is 0.182 e. The zero-order chi connectivity index (χ0) is 17.4. The molecule has 1 aliphatic rings. The minimum Gasteiger partial charge on any atom is -0.497 e. The van der Waals surface area contributed by atoms with Gasteiger partial charge in [0.05, 0.1) is 12.8 Å². The van der Waals surface area contributed by atoms with Crippen LogP contribution in [0.2, 0.25) is 0 Å². The number of ether oxygens (including phenoxy) is 1. The molecule has 5 heteroatoms. The number of methoxy groups -OCH3 is 1. The van der Waals surface area contributed by atoms with Crippen molar-refractivity contribution >= 4 is 12.2 Å². The highest BCUT2D eigenvalue weighted by Gasteiger charge is 2.27. The summed E-state index contributed by atoms with van der Waals surface area (Å²) < 4.78 is 21.4. The van der Waals surface area contributed by atoms with E-state index < -0.39 is 0 Å². The molecule has 1 aromatic heterocycles. The number of aromatic nitrogens is 2. The fourth-order valence-corrected chi connectivity index (χ4v) is 4.03. The first-order valence-electron chi connectivity index (χ1n) is 8.41. The average Bonchev–Trinajstić information content (AvgIpc) is 2.98. The lowest BCUT2D eigenvalue weighted by molar-refractivity contribution is 0.413. The number of aromatic amines is 1. The van der Waals surface area contributed by atoms with Gasteiger partial charge in [0.2, 0.25) is 0 Å². The van der Waals surface area contributed by atoms with Crippen LogP contribution in [0.3, 0.4) is 0 Å². The van der Waals surface area contributed by atoms with E-state index in [9.17, 15) is 4.39 Å². The van der Waals surface area contributed by atoms with Crippen molar-refractivity contribution in [1.82, 2.24) is 9.55 Å². The topological polar surface area (TPSA) is 29.9 Å². The third kappa shape index (κ3) is 2.89. The molecule has 0 saturated carbocycles. The van der Waals surface area contributed by atoms with Gasteiger partial charge in [-0.1, -0.05) is 12.1 Å². The number of rotatable bonds is 3. The average molecular weight is 354 g/mol. The van der Waals surface area contributed by atoms with Gasteiger partial charge in [0.15, 0.2) is 4.77 Å². The molecule has 1 atom stereocenters. The lowest BCUT2D eigenvalue weighted by Gasteiger charge is -2.25. The van der Waals surface area contributed by atoms with Crippen LogP contribution in [0.25, 0.3) is 5.69 Å². The van der Waals surface area contributed by atoms with Gasteiger partial charge in [-0.2, -0.15) is 0 Å². The zero-order valence-corrected chi connectivity index (χ0v) is 14.8. The number of imidazole rings is 1. The standard InChI is InChI=1S/C20H19FN2OS/c1-24-16-5-2-4-13(12-16)17-6-3-7-18-19(17)23(20(25)22-18)15-10-8-14(21)9-11-15/h2,4-5,8-12,17H,3,6-7H2,1H3,(H,22,25). The first-order valence-corrected chi connectivity index (χ1v) is 8.82. The summed E-state index contributed by atoms with van der Waals surface area (Å²) in [6, 6.07) is 14.7. The van der Waals surface area contributed by atoms with Crippen molar-refractivity contribution in [2.45, 2.75) is 25.2 Å². The molecule has 4 rings (SSSR count). The predicted molar refractivity (Wildman–Crippen MR) is 98.7 cm³/mol. The molecule has 1 heterocycles. The maximum absolute atomic E-state index is 13.3. The Morgan fingerprint density at radius 3 is 2.76 bits per heavy atom. The van der Waals surface area contributed by atoms with Crippen molar-refractivity contribution in [3.05, 3.63) is 76.1 Å². The first kappa shape index (κ1) is 16.1. The number of nitrogens with zero attached hydrogens (tertiary/aromatic N) is 1. The van der Waals surface area contributed by atoms with E-state index in [0.29, 0.717) is 4.77 Å². The van der Waals surface area contributed by atoms with Gasteiger partial charge in [0.25, 0.3) is 0 Å². The molecule has 0 bridgehead atoms. The van der Waals surface area contributed by atoms with E-state index >= 15 is 0 Å². The van der Waals surface area contributed by atoms with Gasteiger partial charge >= 0.3 is 0 Å². The largest absolute Gasteiger partial charge is 0.497 e. The second-order valence-corrected chi connectivity index (χ2v) is 6.71. The SMILES string of the molecule is COc1cccc(C2CCCc3[nH]c(=S)n(-c4ccc(F)cc4)c32)c1.